The van der Waals surface area contributed by atoms with Crippen molar-refractivity contribution in [2.24, 2.45) is 16.6 Å². The van der Waals surface area contributed by atoms with Gasteiger partial charge in [0.15, 0.2) is 0 Å². The lowest BCUT2D eigenvalue weighted by Crippen LogP contribution is -2.13. The van der Waals surface area contributed by atoms with Crippen molar-refractivity contribution in [2.45, 2.75) is 23.9 Å². The van der Waals surface area contributed by atoms with Crippen LogP contribution in [-0.2, 0) is 0 Å². The van der Waals surface area contributed by atoms with E-state index in [0.29, 0.717) is 23.3 Å². The Morgan fingerprint density at radius 2 is 1.95 bits per heavy atom. The third-order valence-corrected chi connectivity index (χ3v) is 4.49. The van der Waals surface area contributed by atoms with Gasteiger partial charge in [-0.25, -0.2) is 4.99 Å². The molecule has 0 heterocycles. The summed E-state index contributed by atoms with van der Waals surface area (Å²) < 4.78 is 36.7. The first-order valence-corrected chi connectivity index (χ1v) is 7.53. The second-order valence-electron chi connectivity index (χ2n) is 4.45. The molecule has 110 valence electrons. The Labute approximate surface area is 128 Å². The van der Waals surface area contributed by atoms with E-state index in [-0.39, 0.29) is 20.9 Å². The molecule has 2 N–H and O–H groups in total. The Balaban J connectivity index is 2.22. The molecule has 1 saturated carbocycles. The van der Waals surface area contributed by atoms with Gasteiger partial charge in [-0.05, 0) is 25.0 Å². The first-order valence-electron chi connectivity index (χ1n) is 5.79. The quantitative estimate of drug-likeness (QED) is 0.472. The number of rotatable bonds is 4. The van der Waals surface area contributed by atoms with Gasteiger partial charge in [-0.2, -0.15) is 13.2 Å². The molecule has 2 rings (SSSR count). The van der Waals surface area contributed by atoms with Crippen LogP contribution in [-0.4, -0.2) is 17.8 Å². The van der Waals surface area contributed by atoms with Gasteiger partial charge in [-0.3, -0.25) is 0 Å². The van der Waals surface area contributed by atoms with Gasteiger partial charge in [0.1, 0.15) is 5.84 Å². The van der Waals surface area contributed by atoms with Gasteiger partial charge in [0, 0.05) is 10.8 Å². The highest BCUT2D eigenvalue weighted by Gasteiger charge is 2.28. The number of nitrogens with two attached hydrogens (primary N) is 1. The smallest absolute Gasteiger partial charge is 0.387 e. The van der Waals surface area contributed by atoms with Crippen molar-refractivity contribution < 1.29 is 13.2 Å². The number of thioether (sulfide) groups is 1. The molecule has 0 spiro atoms. The van der Waals surface area contributed by atoms with Gasteiger partial charge >= 0.3 is 6.18 Å². The SMILES string of the molecule is N/C(=N\c1cc(SCC(F)(F)F)c(Cl)cc1Cl)C1CC1. The normalized spacial score (nSPS) is 16.6. The molecule has 1 fully saturated rings. The summed E-state index contributed by atoms with van der Waals surface area (Å²) >= 11 is 12.5. The van der Waals surface area contributed by atoms with Crippen molar-refractivity contribution >= 4 is 46.5 Å². The van der Waals surface area contributed by atoms with Gasteiger partial charge in [0.25, 0.3) is 0 Å². The highest BCUT2D eigenvalue weighted by molar-refractivity contribution is 7.99. The molecular formula is C12H11Cl2F3N2S. The van der Waals surface area contributed by atoms with E-state index in [1.165, 1.54) is 12.1 Å². The molecule has 20 heavy (non-hydrogen) atoms. The van der Waals surface area contributed by atoms with Crippen LogP contribution in [0.5, 0.6) is 0 Å². The number of hydrogen-bond donors (Lipinski definition) is 1. The summed E-state index contributed by atoms with van der Waals surface area (Å²) in [4.78, 5) is 4.46. The largest absolute Gasteiger partial charge is 0.398 e. The van der Waals surface area contributed by atoms with Crippen LogP contribution in [0.15, 0.2) is 22.0 Å². The van der Waals surface area contributed by atoms with Crippen LogP contribution in [0.25, 0.3) is 0 Å². The summed E-state index contributed by atoms with van der Waals surface area (Å²) in [6.07, 6.45) is -2.30. The maximum atomic E-state index is 12.2. The molecule has 8 heteroatoms. The number of halogens is 5. The topological polar surface area (TPSA) is 38.4 Å². The number of alkyl halides is 3. The zero-order chi connectivity index (χ0) is 14.9. The van der Waals surface area contributed by atoms with Crippen molar-refractivity contribution in [1.82, 2.24) is 0 Å². The first kappa shape index (κ1) is 15.8. The minimum absolute atomic E-state index is 0.174. The predicted molar refractivity (Wildman–Crippen MR) is 77.2 cm³/mol. The van der Waals surface area contributed by atoms with E-state index < -0.39 is 11.9 Å². The van der Waals surface area contributed by atoms with Gasteiger partial charge in [-0.15, -0.1) is 11.8 Å². The zero-order valence-electron chi connectivity index (χ0n) is 10.2. The molecular weight excluding hydrogens is 332 g/mol. The first-order chi connectivity index (χ1) is 9.26. The van der Waals surface area contributed by atoms with E-state index >= 15 is 0 Å². The van der Waals surface area contributed by atoms with E-state index in [1.54, 1.807) is 0 Å². The molecule has 0 aliphatic heterocycles. The highest BCUT2D eigenvalue weighted by Crippen LogP contribution is 2.39. The summed E-state index contributed by atoms with van der Waals surface area (Å²) in [5.74, 6) is -0.302. The third kappa shape index (κ3) is 4.46. The van der Waals surface area contributed by atoms with E-state index in [4.69, 9.17) is 28.9 Å². The van der Waals surface area contributed by atoms with Crippen LogP contribution in [0.1, 0.15) is 12.8 Å². The van der Waals surface area contributed by atoms with Crippen LogP contribution in [0.4, 0.5) is 18.9 Å². The number of amidine groups is 1. The minimum atomic E-state index is -4.26. The molecule has 1 aromatic carbocycles. The lowest BCUT2D eigenvalue weighted by molar-refractivity contribution is -0.105. The summed E-state index contributed by atoms with van der Waals surface area (Å²) in [7, 11) is 0. The third-order valence-electron chi connectivity index (χ3n) is 2.64. The van der Waals surface area contributed by atoms with E-state index in [2.05, 4.69) is 4.99 Å². The molecule has 0 atom stereocenters. The number of nitrogens with zero attached hydrogens (tertiary/aromatic N) is 1. The second-order valence-corrected chi connectivity index (χ2v) is 6.28. The monoisotopic (exact) mass is 342 g/mol. The molecule has 0 unspecified atom stereocenters. The predicted octanol–water partition coefficient (Wildman–Crippen LogP) is 5.05. The number of hydrogen-bond acceptors (Lipinski definition) is 2. The van der Waals surface area contributed by atoms with Gasteiger partial charge < -0.3 is 5.73 Å². The standard InChI is InChI=1S/C12H11Cl2F3N2S/c13-7-3-8(14)10(20-5-12(15,16)17)4-9(7)19-11(18)6-1-2-6/h3-4,6H,1-2,5H2,(H2,18,19). The average Bonchev–Trinajstić information content (AvgIpc) is 3.13. The Hall–Kier alpha value is -0.590. The van der Waals surface area contributed by atoms with Crippen molar-refractivity contribution in [3.63, 3.8) is 0 Å². The summed E-state index contributed by atoms with van der Waals surface area (Å²) in [6, 6.07) is 2.83. The molecule has 0 bridgehead atoms. The maximum absolute atomic E-state index is 12.2. The van der Waals surface area contributed by atoms with Crippen LogP contribution in [0, 0.1) is 5.92 Å². The zero-order valence-corrected chi connectivity index (χ0v) is 12.5. The number of aliphatic imine (C=N–C) groups is 1. The maximum Gasteiger partial charge on any atom is 0.398 e. The van der Waals surface area contributed by atoms with Crippen LogP contribution in [0.3, 0.4) is 0 Å². The second kappa shape index (κ2) is 6.03. The van der Waals surface area contributed by atoms with Crippen LogP contribution < -0.4 is 5.73 Å². The van der Waals surface area contributed by atoms with Crippen LogP contribution >= 0.6 is 35.0 Å². The van der Waals surface area contributed by atoms with Gasteiger partial charge in [0.2, 0.25) is 0 Å². The van der Waals surface area contributed by atoms with Crippen molar-refractivity contribution in [1.29, 1.82) is 0 Å². The van der Waals surface area contributed by atoms with Crippen molar-refractivity contribution in [3.8, 4) is 0 Å². The summed E-state index contributed by atoms with van der Waals surface area (Å²) in [5, 5.41) is 0.447. The Morgan fingerprint density at radius 3 is 2.50 bits per heavy atom. The lowest BCUT2D eigenvalue weighted by Gasteiger charge is -2.09. The fourth-order valence-electron chi connectivity index (χ4n) is 1.48. The molecule has 0 aromatic heterocycles. The van der Waals surface area contributed by atoms with E-state index in [9.17, 15) is 13.2 Å². The van der Waals surface area contributed by atoms with Crippen molar-refractivity contribution in [2.75, 3.05) is 5.75 Å². The Bertz CT molecular complexity index is 542. The molecule has 1 aromatic rings. The number of benzene rings is 1. The average molecular weight is 343 g/mol. The van der Waals surface area contributed by atoms with E-state index in [0.717, 1.165) is 12.8 Å². The minimum Gasteiger partial charge on any atom is -0.387 e. The fraction of sp³-hybridized carbons (Fsp3) is 0.417. The lowest BCUT2D eigenvalue weighted by atomic mass is 10.3. The molecule has 0 radical (unpaired) electrons. The molecule has 0 amide bonds. The van der Waals surface area contributed by atoms with Gasteiger partial charge in [0.05, 0.1) is 21.5 Å². The molecule has 0 saturated heterocycles. The Morgan fingerprint density at radius 1 is 1.30 bits per heavy atom. The van der Waals surface area contributed by atoms with Gasteiger partial charge in [-0.1, -0.05) is 23.2 Å². The highest BCUT2D eigenvalue weighted by atomic mass is 35.5. The van der Waals surface area contributed by atoms with E-state index in [1.807, 2.05) is 0 Å². The Kier molecular flexibility index (Phi) is 4.76. The fourth-order valence-corrected chi connectivity index (χ4v) is 2.78. The molecule has 1 aliphatic rings. The molecule has 1 aliphatic carbocycles. The summed E-state index contributed by atoms with van der Waals surface area (Å²) in [6.45, 7) is 0. The van der Waals surface area contributed by atoms with Crippen molar-refractivity contribution in [3.05, 3.63) is 22.2 Å². The summed E-state index contributed by atoms with van der Waals surface area (Å²) in [5.41, 5.74) is 6.13. The van der Waals surface area contributed by atoms with Crippen LogP contribution in [0.2, 0.25) is 10.0 Å². The molecule has 2 nitrogen and oxygen atoms in total.